The Balaban J connectivity index is 0.00000264. The van der Waals surface area contributed by atoms with E-state index in [0.29, 0.717) is 31.0 Å². The van der Waals surface area contributed by atoms with Gasteiger partial charge in [-0.2, -0.15) is 0 Å². The van der Waals surface area contributed by atoms with Crippen molar-refractivity contribution < 1.29 is 4.79 Å². The van der Waals surface area contributed by atoms with Crippen molar-refractivity contribution in [3.8, 4) is 0 Å². The molecule has 2 fully saturated rings. The van der Waals surface area contributed by atoms with Crippen LogP contribution in [0.5, 0.6) is 0 Å². The highest BCUT2D eigenvalue weighted by Gasteiger charge is 2.22. The van der Waals surface area contributed by atoms with E-state index < -0.39 is 0 Å². The minimum Gasteiger partial charge on any atom is -0.370 e. The molecule has 0 radical (unpaired) electrons. The van der Waals surface area contributed by atoms with Crippen LogP contribution in [0.2, 0.25) is 0 Å². The molecule has 1 heterocycles. The fourth-order valence-electron chi connectivity index (χ4n) is 3.45. The Morgan fingerprint density at radius 3 is 2.70 bits per heavy atom. The zero-order valence-corrected chi connectivity index (χ0v) is 16.6. The van der Waals surface area contributed by atoms with E-state index in [0.717, 1.165) is 25.9 Å². The molecule has 1 saturated heterocycles. The van der Waals surface area contributed by atoms with Crippen molar-refractivity contribution in [1.29, 1.82) is 0 Å². The zero-order valence-electron chi connectivity index (χ0n) is 14.2. The van der Waals surface area contributed by atoms with E-state index in [9.17, 15) is 4.79 Å². The lowest BCUT2D eigenvalue weighted by Crippen LogP contribution is -2.38. The molecule has 0 aromatic heterocycles. The third-order valence-corrected chi connectivity index (χ3v) is 4.76. The molecule has 134 valence electrons. The second-order valence-corrected chi connectivity index (χ2v) is 6.38. The smallest absolute Gasteiger partial charge is 0.221 e. The average molecular weight is 437 g/mol. The minimum atomic E-state index is 0. The van der Waals surface area contributed by atoms with Gasteiger partial charge in [0.1, 0.15) is 0 Å². The lowest BCUT2D eigenvalue weighted by atomic mass is 10.2. The zero-order chi connectivity index (χ0) is 15.8. The molecule has 2 aliphatic rings. The van der Waals surface area contributed by atoms with Crippen molar-refractivity contribution in [2.45, 2.75) is 64.0 Å². The first-order chi connectivity index (χ1) is 10.7. The van der Waals surface area contributed by atoms with Gasteiger partial charge < -0.3 is 16.4 Å². The number of amides is 1. The topological polar surface area (TPSA) is 82.8 Å². The lowest BCUT2D eigenvalue weighted by Gasteiger charge is -2.21. The summed E-state index contributed by atoms with van der Waals surface area (Å²) in [6.07, 6.45) is 7.63. The third-order valence-electron chi connectivity index (χ3n) is 4.76. The van der Waals surface area contributed by atoms with E-state index in [1.165, 1.54) is 32.2 Å². The van der Waals surface area contributed by atoms with Gasteiger partial charge >= 0.3 is 0 Å². The van der Waals surface area contributed by atoms with Crippen molar-refractivity contribution in [3.63, 3.8) is 0 Å². The van der Waals surface area contributed by atoms with Crippen LogP contribution < -0.4 is 16.4 Å². The second kappa shape index (κ2) is 11.1. The molecule has 1 aliphatic heterocycles. The van der Waals surface area contributed by atoms with Gasteiger partial charge in [0.15, 0.2) is 5.96 Å². The first-order valence-corrected chi connectivity index (χ1v) is 8.76. The molecule has 0 spiro atoms. The minimum absolute atomic E-state index is 0. The predicted octanol–water partition coefficient (Wildman–Crippen LogP) is 1.44. The summed E-state index contributed by atoms with van der Waals surface area (Å²) in [7, 11) is 0. The highest BCUT2D eigenvalue weighted by Crippen LogP contribution is 2.17. The van der Waals surface area contributed by atoms with Crippen LogP contribution in [0.1, 0.15) is 51.9 Å². The highest BCUT2D eigenvalue weighted by molar-refractivity contribution is 14.0. The Hall–Kier alpha value is -0.570. The summed E-state index contributed by atoms with van der Waals surface area (Å²) >= 11 is 0. The number of aliphatic imine (C=N–C) groups is 1. The summed E-state index contributed by atoms with van der Waals surface area (Å²) in [4.78, 5) is 18.7. The van der Waals surface area contributed by atoms with E-state index in [1.807, 2.05) is 0 Å². The summed E-state index contributed by atoms with van der Waals surface area (Å²) < 4.78 is 0. The van der Waals surface area contributed by atoms with Crippen LogP contribution in [0.3, 0.4) is 0 Å². The van der Waals surface area contributed by atoms with E-state index >= 15 is 0 Å². The van der Waals surface area contributed by atoms with E-state index in [-0.39, 0.29) is 29.9 Å². The molecule has 1 aliphatic carbocycles. The Labute approximate surface area is 157 Å². The van der Waals surface area contributed by atoms with Crippen LogP contribution in [-0.4, -0.2) is 55.0 Å². The van der Waals surface area contributed by atoms with Gasteiger partial charge in [-0.15, -0.1) is 24.0 Å². The Kier molecular flexibility index (Phi) is 9.85. The number of halogens is 1. The van der Waals surface area contributed by atoms with Crippen LogP contribution in [0.15, 0.2) is 4.99 Å². The summed E-state index contributed by atoms with van der Waals surface area (Å²) in [6.45, 7) is 5.74. The van der Waals surface area contributed by atoms with E-state index in [4.69, 9.17) is 5.73 Å². The third kappa shape index (κ3) is 7.24. The van der Waals surface area contributed by atoms with E-state index in [2.05, 4.69) is 27.4 Å². The Bertz CT molecular complexity index is 385. The van der Waals surface area contributed by atoms with Crippen LogP contribution in [-0.2, 0) is 4.79 Å². The fourth-order valence-corrected chi connectivity index (χ4v) is 3.45. The monoisotopic (exact) mass is 437 g/mol. The molecule has 4 N–H and O–H groups in total. The van der Waals surface area contributed by atoms with E-state index in [1.54, 1.807) is 0 Å². The van der Waals surface area contributed by atoms with Crippen molar-refractivity contribution in [3.05, 3.63) is 0 Å². The molecular formula is C16H32IN5O. The molecule has 1 saturated carbocycles. The standard InChI is InChI=1S/C16H31N5O.HI/c1-2-21-11-5-8-14(21)12-19-16(17)18-10-9-15(22)20-13-6-3-4-7-13;/h13-14H,2-12H2,1H3,(H,20,22)(H3,17,18,19);1H. The molecule has 7 heteroatoms. The van der Waals surface area contributed by atoms with Gasteiger partial charge in [0.05, 0.1) is 6.54 Å². The maximum atomic E-state index is 11.8. The quantitative estimate of drug-likeness (QED) is 0.320. The van der Waals surface area contributed by atoms with Crippen molar-refractivity contribution in [2.75, 3.05) is 26.2 Å². The number of nitrogens with two attached hydrogens (primary N) is 1. The molecule has 0 aromatic rings. The largest absolute Gasteiger partial charge is 0.370 e. The number of guanidine groups is 1. The number of likely N-dealkylation sites (N-methyl/N-ethyl adjacent to an activating group) is 1. The van der Waals surface area contributed by atoms with Crippen LogP contribution in [0, 0.1) is 0 Å². The summed E-state index contributed by atoms with van der Waals surface area (Å²) in [5, 5.41) is 6.12. The number of carbonyl (C=O) groups is 1. The van der Waals surface area contributed by atoms with Gasteiger partial charge in [0, 0.05) is 25.0 Å². The summed E-state index contributed by atoms with van der Waals surface area (Å²) in [5.74, 6) is 0.566. The molecule has 6 nitrogen and oxygen atoms in total. The first-order valence-electron chi connectivity index (χ1n) is 8.76. The SMILES string of the molecule is CCN1CCCC1CN=C(N)NCCC(=O)NC1CCCC1.I. The van der Waals surface area contributed by atoms with Crippen LogP contribution in [0.4, 0.5) is 0 Å². The van der Waals surface area contributed by atoms with Crippen molar-refractivity contribution in [2.24, 2.45) is 10.7 Å². The number of likely N-dealkylation sites (tertiary alicyclic amines) is 1. The summed E-state index contributed by atoms with van der Waals surface area (Å²) in [6, 6.07) is 0.914. The molecule has 0 aromatic carbocycles. The van der Waals surface area contributed by atoms with Gasteiger partial charge in [-0.3, -0.25) is 14.7 Å². The van der Waals surface area contributed by atoms with Gasteiger partial charge in [0.2, 0.25) is 5.91 Å². The number of rotatable bonds is 7. The highest BCUT2D eigenvalue weighted by atomic mass is 127. The van der Waals surface area contributed by atoms with Gasteiger partial charge in [-0.05, 0) is 38.8 Å². The van der Waals surface area contributed by atoms with Crippen LogP contribution >= 0.6 is 24.0 Å². The molecule has 0 bridgehead atoms. The van der Waals surface area contributed by atoms with Crippen molar-refractivity contribution in [1.82, 2.24) is 15.5 Å². The molecular weight excluding hydrogens is 405 g/mol. The summed E-state index contributed by atoms with van der Waals surface area (Å²) in [5.41, 5.74) is 5.88. The second-order valence-electron chi connectivity index (χ2n) is 6.38. The van der Waals surface area contributed by atoms with Gasteiger partial charge in [-0.25, -0.2) is 0 Å². The number of hydrogen-bond acceptors (Lipinski definition) is 3. The number of hydrogen-bond donors (Lipinski definition) is 3. The fraction of sp³-hybridized carbons (Fsp3) is 0.875. The molecule has 23 heavy (non-hydrogen) atoms. The average Bonchev–Trinajstić information content (AvgIpc) is 3.15. The normalized spacial score (nSPS) is 22.8. The predicted molar refractivity (Wildman–Crippen MR) is 105 cm³/mol. The Morgan fingerprint density at radius 2 is 2.00 bits per heavy atom. The number of nitrogens with zero attached hydrogens (tertiary/aromatic N) is 2. The maximum absolute atomic E-state index is 11.8. The van der Waals surface area contributed by atoms with Gasteiger partial charge in [0.25, 0.3) is 0 Å². The molecule has 2 rings (SSSR count). The number of nitrogens with one attached hydrogen (secondary N) is 2. The van der Waals surface area contributed by atoms with Gasteiger partial charge in [-0.1, -0.05) is 19.8 Å². The lowest BCUT2D eigenvalue weighted by molar-refractivity contribution is -0.121. The molecule has 1 amide bonds. The number of carbonyl (C=O) groups excluding carboxylic acids is 1. The first kappa shape index (κ1) is 20.5. The molecule has 1 unspecified atom stereocenters. The molecule has 1 atom stereocenters. The maximum Gasteiger partial charge on any atom is 0.221 e. The van der Waals surface area contributed by atoms with Crippen molar-refractivity contribution >= 4 is 35.8 Å². The van der Waals surface area contributed by atoms with Crippen LogP contribution in [0.25, 0.3) is 0 Å². The Morgan fingerprint density at radius 1 is 1.26 bits per heavy atom.